The van der Waals surface area contributed by atoms with Crippen LogP contribution in [0.3, 0.4) is 0 Å². The second-order valence-electron chi connectivity index (χ2n) is 5.29. The molecule has 1 N–H and O–H groups in total. The van der Waals surface area contributed by atoms with Crippen LogP contribution < -0.4 is 5.32 Å². The summed E-state index contributed by atoms with van der Waals surface area (Å²) in [5.74, 6) is 0.633. The van der Waals surface area contributed by atoms with Gasteiger partial charge in [-0.2, -0.15) is 0 Å². The molecule has 0 aromatic heterocycles. The predicted octanol–water partition coefficient (Wildman–Crippen LogP) is 3.60. The molecule has 2 atom stereocenters. The van der Waals surface area contributed by atoms with Crippen LogP contribution in [0.2, 0.25) is 0 Å². The number of alkyl halides is 1. The van der Waals surface area contributed by atoms with Gasteiger partial charge >= 0.3 is 0 Å². The molecule has 3 heteroatoms. The molecule has 2 rings (SSSR count). The molecule has 0 bridgehead atoms. The zero-order chi connectivity index (χ0) is 13.1. The molecule has 1 saturated carbocycles. The Morgan fingerprint density at radius 1 is 1.28 bits per heavy atom. The van der Waals surface area contributed by atoms with Gasteiger partial charge in [0.1, 0.15) is 0 Å². The van der Waals surface area contributed by atoms with Crippen LogP contribution in [0.15, 0.2) is 18.2 Å². The van der Waals surface area contributed by atoms with E-state index in [-0.39, 0.29) is 5.91 Å². The maximum atomic E-state index is 12.1. The highest BCUT2D eigenvalue weighted by Crippen LogP contribution is 2.30. The molecule has 18 heavy (non-hydrogen) atoms. The summed E-state index contributed by atoms with van der Waals surface area (Å²) in [6, 6.07) is 5.98. The van der Waals surface area contributed by atoms with Gasteiger partial charge in [0.25, 0.3) is 5.91 Å². The van der Waals surface area contributed by atoms with Gasteiger partial charge in [0.2, 0.25) is 0 Å². The zero-order valence-corrected chi connectivity index (χ0v) is 12.6. The molecule has 0 heterocycles. The Bertz CT molecular complexity index is 424. The highest BCUT2D eigenvalue weighted by Gasteiger charge is 2.25. The van der Waals surface area contributed by atoms with E-state index in [2.05, 4.69) is 27.3 Å². The summed E-state index contributed by atoms with van der Waals surface area (Å²) >= 11 is 3.68. The van der Waals surface area contributed by atoms with Gasteiger partial charge in [-0.1, -0.05) is 39.5 Å². The van der Waals surface area contributed by atoms with Crippen molar-refractivity contribution in [1.29, 1.82) is 0 Å². The Morgan fingerprint density at radius 2 is 1.94 bits per heavy atom. The molecule has 0 radical (unpaired) electrons. The number of amides is 1. The summed E-state index contributed by atoms with van der Waals surface area (Å²) in [6.07, 6.45) is 3.70. The van der Waals surface area contributed by atoms with E-state index < -0.39 is 0 Å². The molecule has 1 aromatic carbocycles. The van der Waals surface area contributed by atoms with Crippen molar-refractivity contribution in [1.82, 2.24) is 5.32 Å². The number of nitrogens with one attached hydrogen (secondary N) is 1. The minimum Gasteiger partial charge on any atom is -0.352 e. The van der Waals surface area contributed by atoms with Gasteiger partial charge in [-0.15, -0.1) is 0 Å². The SMILES string of the molecule is Cc1cc(C)cc(C(=O)NCC2CCCC2Br)c1. The first-order valence-electron chi connectivity index (χ1n) is 6.57. The van der Waals surface area contributed by atoms with E-state index in [4.69, 9.17) is 0 Å². The summed E-state index contributed by atoms with van der Waals surface area (Å²) in [7, 11) is 0. The lowest BCUT2D eigenvalue weighted by atomic mass is 10.1. The molecule has 0 spiro atoms. The Balaban J connectivity index is 1.95. The van der Waals surface area contributed by atoms with E-state index >= 15 is 0 Å². The van der Waals surface area contributed by atoms with Crippen LogP contribution in [0, 0.1) is 19.8 Å². The van der Waals surface area contributed by atoms with Crippen molar-refractivity contribution in [2.45, 2.75) is 37.9 Å². The maximum Gasteiger partial charge on any atom is 0.251 e. The van der Waals surface area contributed by atoms with Gasteiger partial charge in [0.05, 0.1) is 0 Å². The van der Waals surface area contributed by atoms with Crippen LogP contribution in [0.4, 0.5) is 0 Å². The van der Waals surface area contributed by atoms with E-state index in [0.717, 1.165) is 23.2 Å². The quantitative estimate of drug-likeness (QED) is 0.849. The van der Waals surface area contributed by atoms with Gasteiger partial charge in [-0.05, 0) is 44.7 Å². The van der Waals surface area contributed by atoms with Crippen molar-refractivity contribution in [3.05, 3.63) is 34.9 Å². The fourth-order valence-electron chi connectivity index (χ4n) is 2.65. The summed E-state index contributed by atoms with van der Waals surface area (Å²) in [5.41, 5.74) is 3.05. The molecule has 1 fully saturated rings. The Morgan fingerprint density at radius 3 is 2.50 bits per heavy atom. The summed E-state index contributed by atoms with van der Waals surface area (Å²) in [4.78, 5) is 12.7. The monoisotopic (exact) mass is 309 g/mol. The lowest BCUT2D eigenvalue weighted by Crippen LogP contribution is -2.31. The molecular weight excluding hydrogens is 290 g/mol. The smallest absolute Gasteiger partial charge is 0.251 e. The first-order valence-corrected chi connectivity index (χ1v) is 7.48. The lowest BCUT2D eigenvalue weighted by Gasteiger charge is -2.15. The molecule has 0 aliphatic heterocycles. The number of benzene rings is 1. The van der Waals surface area contributed by atoms with Crippen LogP contribution in [0.1, 0.15) is 40.7 Å². The fraction of sp³-hybridized carbons (Fsp3) is 0.533. The van der Waals surface area contributed by atoms with Gasteiger partial charge < -0.3 is 5.32 Å². The van der Waals surface area contributed by atoms with E-state index in [1.54, 1.807) is 0 Å². The highest BCUT2D eigenvalue weighted by atomic mass is 79.9. The zero-order valence-electron chi connectivity index (χ0n) is 11.0. The Hall–Kier alpha value is -0.830. The minimum atomic E-state index is 0.0494. The van der Waals surface area contributed by atoms with E-state index in [0.29, 0.717) is 10.7 Å². The van der Waals surface area contributed by atoms with Crippen molar-refractivity contribution in [2.75, 3.05) is 6.54 Å². The van der Waals surface area contributed by atoms with Gasteiger partial charge in [-0.3, -0.25) is 4.79 Å². The molecule has 98 valence electrons. The largest absolute Gasteiger partial charge is 0.352 e. The molecular formula is C15H20BrNO. The van der Waals surface area contributed by atoms with Crippen LogP contribution in [0.25, 0.3) is 0 Å². The lowest BCUT2D eigenvalue weighted by molar-refractivity contribution is 0.0947. The van der Waals surface area contributed by atoms with Crippen molar-refractivity contribution in [3.8, 4) is 0 Å². The number of carbonyl (C=O) groups excluding carboxylic acids is 1. The van der Waals surface area contributed by atoms with Gasteiger partial charge in [0.15, 0.2) is 0 Å². The topological polar surface area (TPSA) is 29.1 Å². The third kappa shape index (κ3) is 3.35. The van der Waals surface area contributed by atoms with Crippen LogP contribution in [-0.4, -0.2) is 17.3 Å². The van der Waals surface area contributed by atoms with Crippen LogP contribution in [-0.2, 0) is 0 Å². The predicted molar refractivity (Wildman–Crippen MR) is 78.3 cm³/mol. The normalized spacial score (nSPS) is 23.1. The standard InChI is InChI=1S/C15H20BrNO/c1-10-6-11(2)8-13(7-10)15(18)17-9-12-4-3-5-14(12)16/h6-8,12,14H,3-5,9H2,1-2H3,(H,17,18). The number of carbonyl (C=O) groups is 1. The number of hydrogen-bond acceptors (Lipinski definition) is 1. The number of hydrogen-bond donors (Lipinski definition) is 1. The van der Waals surface area contributed by atoms with Crippen LogP contribution in [0.5, 0.6) is 0 Å². The van der Waals surface area contributed by atoms with Gasteiger partial charge in [-0.25, -0.2) is 0 Å². The molecule has 1 aliphatic carbocycles. The summed E-state index contributed by atoms with van der Waals surface area (Å²) in [5, 5.41) is 3.06. The second-order valence-corrected chi connectivity index (χ2v) is 6.47. The Kier molecular flexibility index (Phi) is 4.44. The average Bonchev–Trinajstić information content (AvgIpc) is 2.70. The molecule has 1 amide bonds. The van der Waals surface area contributed by atoms with Crippen LogP contribution >= 0.6 is 15.9 Å². The Labute approximate surface area is 117 Å². The first kappa shape index (κ1) is 13.6. The number of rotatable bonds is 3. The van der Waals surface area contributed by atoms with Crippen molar-refractivity contribution < 1.29 is 4.79 Å². The highest BCUT2D eigenvalue weighted by molar-refractivity contribution is 9.09. The van der Waals surface area contributed by atoms with Crippen molar-refractivity contribution >= 4 is 21.8 Å². The molecule has 2 unspecified atom stereocenters. The number of halogens is 1. The van der Waals surface area contributed by atoms with Crippen molar-refractivity contribution in [3.63, 3.8) is 0 Å². The van der Waals surface area contributed by atoms with E-state index in [1.807, 2.05) is 26.0 Å². The van der Waals surface area contributed by atoms with Crippen molar-refractivity contribution in [2.24, 2.45) is 5.92 Å². The van der Waals surface area contributed by atoms with E-state index in [9.17, 15) is 4.79 Å². The third-order valence-electron chi connectivity index (χ3n) is 3.58. The first-order chi connectivity index (χ1) is 8.56. The number of aryl methyl sites for hydroxylation is 2. The summed E-state index contributed by atoms with van der Waals surface area (Å²) in [6.45, 7) is 4.83. The van der Waals surface area contributed by atoms with Gasteiger partial charge in [0, 0.05) is 16.9 Å². The van der Waals surface area contributed by atoms with E-state index in [1.165, 1.54) is 19.3 Å². The third-order valence-corrected chi connectivity index (χ3v) is 4.78. The molecule has 2 nitrogen and oxygen atoms in total. The summed E-state index contributed by atoms with van der Waals surface area (Å²) < 4.78 is 0. The molecule has 1 aromatic rings. The fourth-order valence-corrected chi connectivity index (χ4v) is 3.43. The molecule has 1 aliphatic rings. The minimum absolute atomic E-state index is 0.0494. The second kappa shape index (κ2) is 5.87. The molecule has 0 saturated heterocycles. The average molecular weight is 310 g/mol. The maximum absolute atomic E-state index is 12.1.